The van der Waals surface area contributed by atoms with Crippen molar-refractivity contribution in [2.24, 2.45) is 5.92 Å². The van der Waals surface area contributed by atoms with E-state index in [0.29, 0.717) is 64.5 Å². The summed E-state index contributed by atoms with van der Waals surface area (Å²) in [5.41, 5.74) is 0.435. The number of Topliss-reactive ketones (excluding diaryl/α,β-unsaturated/α-hetero) is 2. The second-order valence-electron chi connectivity index (χ2n) is 6.44. The van der Waals surface area contributed by atoms with E-state index in [4.69, 9.17) is 32.7 Å². The molecule has 0 N–H and O–H groups in total. The van der Waals surface area contributed by atoms with Gasteiger partial charge in [-0.05, 0) is 42.7 Å². The summed E-state index contributed by atoms with van der Waals surface area (Å²) < 4.78 is 11.9. The van der Waals surface area contributed by atoms with Gasteiger partial charge in [0.25, 0.3) is 0 Å². The SMILES string of the molecule is COc1ccc(Oc2c(Cl)cc(Br)cc2Cl)cc1C(=O)CCC1CC(=O)C1. The average molecular weight is 472 g/mol. The van der Waals surface area contributed by atoms with Gasteiger partial charge in [0.1, 0.15) is 17.3 Å². The number of methoxy groups -OCH3 is 1. The maximum Gasteiger partial charge on any atom is 0.166 e. The molecule has 0 spiro atoms. The van der Waals surface area contributed by atoms with Crippen molar-refractivity contribution in [3.8, 4) is 17.2 Å². The fraction of sp³-hybridized carbons (Fsp3) is 0.300. The summed E-state index contributed by atoms with van der Waals surface area (Å²) in [5, 5.41) is 0.709. The minimum absolute atomic E-state index is 0.0513. The number of benzene rings is 2. The zero-order valence-corrected chi connectivity index (χ0v) is 17.7. The monoisotopic (exact) mass is 470 g/mol. The quantitative estimate of drug-likeness (QED) is 0.432. The van der Waals surface area contributed by atoms with E-state index >= 15 is 0 Å². The van der Waals surface area contributed by atoms with E-state index in [1.165, 1.54) is 7.11 Å². The third-order valence-corrected chi connectivity index (χ3v) is 5.49. The minimum atomic E-state index is -0.0513. The van der Waals surface area contributed by atoms with E-state index < -0.39 is 0 Å². The summed E-state index contributed by atoms with van der Waals surface area (Å²) in [6.45, 7) is 0. The number of ketones is 2. The summed E-state index contributed by atoms with van der Waals surface area (Å²) in [7, 11) is 1.51. The Morgan fingerprint density at radius 2 is 1.85 bits per heavy atom. The number of ether oxygens (including phenoxy) is 2. The molecular formula is C20H17BrCl2O4. The molecule has 0 amide bonds. The maximum absolute atomic E-state index is 12.7. The number of halogens is 3. The topological polar surface area (TPSA) is 52.6 Å². The highest BCUT2D eigenvalue weighted by Gasteiger charge is 2.27. The third kappa shape index (κ3) is 4.84. The molecule has 3 rings (SSSR count). The van der Waals surface area contributed by atoms with Gasteiger partial charge in [0.2, 0.25) is 0 Å². The molecule has 7 heteroatoms. The van der Waals surface area contributed by atoms with Crippen molar-refractivity contribution in [2.75, 3.05) is 7.11 Å². The largest absolute Gasteiger partial charge is 0.496 e. The van der Waals surface area contributed by atoms with E-state index in [0.717, 1.165) is 4.47 Å². The lowest BCUT2D eigenvalue weighted by molar-refractivity contribution is -0.126. The van der Waals surface area contributed by atoms with Crippen LogP contribution >= 0.6 is 39.1 Å². The van der Waals surface area contributed by atoms with E-state index in [2.05, 4.69) is 15.9 Å². The number of hydrogen-bond donors (Lipinski definition) is 0. The first-order valence-electron chi connectivity index (χ1n) is 8.42. The van der Waals surface area contributed by atoms with Gasteiger partial charge in [0, 0.05) is 23.7 Å². The van der Waals surface area contributed by atoms with Gasteiger partial charge in [-0.1, -0.05) is 39.1 Å². The molecule has 1 saturated carbocycles. The predicted molar refractivity (Wildman–Crippen MR) is 109 cm³/mol. The van der Waals surface area contributed by atoms with E-state index in [-0.39, 0.29) is 11.6 Å². The Morgan fingerprint density at radius 3 is 2.44 bits per heavy atom. The molecule has 142 valence electrons. The van der Waals surface area contributed by atoms with E-state index in [1.807, 2.05) is 0 Å². The fourth-order valence-corrected chi connectivity index (χ4v) is 4.26. The lowest BCUT2D eigenvalue weighted by Crippen LogP contribution is -2.23. The molecular weight excluding hydrogens is 455 g/mol. The van der Waals surface area contributed by atoms with Crippen molar-refractivity contribution in [3.05, 3.63) is 50.4 Å². The average Bonchev–Trinajstić information content (AvgIpc) is 2.60. The van der Waals surface area contributed by atoms with Crippen LogP contribution in [0.15, 0.2) is 34.8 Å². The molecule has 1 aliphatic carbocycles. The number of rotatable bonds is 7. The smallest absolute Gasteiger partial charge is 0.166 e. The van der Waals surface area contributed by atoms with Gasteiger partial charge in [0.05, 0.1) is 22.7 Å². The second-order valence-corrected chi connectivity index (χ2v) is 8.17. The Bertz CT molecular complexity index is 867. The molecule has 0 radical (unpaired) electrons. The van der Waals surface area contributed by atoms with Crippen LogP contribution in [0.25, 0.3) is 0 Å². The summed E-state index contributed by atoms with van der Waals surface area (Å²) in [6, 6.07) is 8.35. The number of carbonyl (C=O) groups excluding carboxylic acids is 2. The first-order chi connectivity index (χ1) is 12.9. The van der Waals surface area contributed by atoms with Crippen LogP contribution < -0.4 is 9.47 Å². The van der Waals surface area contributed by atoms with Gasteiger partial charge in [-0.3, -0.25) is 9.59 Å². The van der Waals surface area contributed by atoms with Crippen LogP contribution in [0.4, 0.5) is 0 Å². The van der Waals surface area contributed by atoms with Crippen LogP contribution in [0.5, 0.6) is 17.2 Å². The van der Waals surface area contributed by atoms with Gasteiger partial charge in [-0.15, -0.1) is 0 Å². The van der Waals surface area contributed by atoms with Crippen LogP contribution in [-0.2, 0) is 4.79 Å². The Hall–Kier alpha value is -1.56. The minimum Gasteiger partial charge on any atom is -0.496 e. The molecule has 1 fully saturated rings. The standard InChI is InChI=1S/C20H17BrCl2O4/c1-26-19-5-3-14(27-20-16(22)8-12(21)9-17(20)23)10-15(19)18(25)4-2-11-6-13(24)7-11/h3,5,8-11H,2,4,6-7H2,1H3. The highest BCUT2D eigenvalue weighted by atomic mass is 79.9. The zero-order chi connectivity index (χ0) is 19.6. The predicted octanol–water partition coefficient (Wildman–Crippen LogP) is 6.50. The second kappa shape index (κ2) is 8.63. The van der Waals surface area contributed by atoms with Gasteiger partial charge in [-0.2, -0.15) is 0 Å². The first-order valence-corrected chi connectivity index (χ1v) is 9.97. The molecule has 27 heavy (non-hydrogen) atoms. The summed E-state index contributed by atoms with van der Waals surface area (Å²) in [4.78, 5) is 23.7. The van der Waals surface area contributed by atoms with Crippen LogP contribution in [0.1, 0.15) is 36.0 Å². The van der Waals surface area contributed by atoms with Crippen molar-refractivity contribution in [1.29, 1.82) is 0 Å². The molecule has 4 nitrogen and oxygen atoms in total. The molecule has 0 heterocycles. The van der Waals surface area contributed by atoms with E-state index in [1.54, 1.807) is 30.3 Å². The van der Waals surface area contributed by atoms with Crippen molar-refractivity contribution < 1.29 is 19.1 Å². The zero-order valence-electron chi connectivity index (χ0n) is 14.6. The van der Waals surface area contributed by atoms with Gasteiger partial charge in [-0.25, -0.2) is 0 Å². The molecule has 0 bridgehead atoms. The molecule has 2 aromatic carbocycles. The molecule has 0 unspecified atom stereocenters. The summed E-state index contributed by atoms with van der Waals surface area (Å²) in [5.74, 6) is 1.76. The molecule has 0 aliphatic heterocycles. The summed E-state index contributed by atoms with van der Waals surface area (Å²) >= 11 is 15.7. The molecule has 0 aromatic heterocycles. The Balaban J connectivity index is 1.79. The highest BCUT2D eigenvalue weighted by Crippen LogP contribution is 2.39. The third-order valence-electron chi connectivity index (χ3n) is 4.47. The van der Waals surface area contributed by atoms with Gasteiger partial charge in [0.15, 0.2) is 11.5 Å². The van der Waals surface area contributed by atoms with Crippen LogP contribution in [0.2, 0.25) is 10.0 Å². The van der Waals surface area contributed by atoms with Crippen LogP contribution in [-0.4, -0.2) is 18.7 Å². The lowest BCUT2D eigenvalue weighted by atomic mass is 9.80. The van der Waals surface area contributed by atoms with Crippen molar-refractivity contribution in [3.63, 3.8) is 0 Å². The van der Waals surface area contributed by atoms with Crippen LogP contribution in [0.3, 0.4) is 0 Å². The Morgan fingerprint density at radius 1 is 1.19 bits per heavy atom. The van der Waals surface area contributed by atoms with Gasteiger partial charge < -0.3 is 9.47 Å². The molecule has 0 atom stereocenters. The van der Waals surface area contributed by atoms with Gasteiger partial charge >= 0.3 is 0 Å². The molecule has 2 aromatic rings. The van der Waals surface area contributed by atoms with Crippen molar-refractivity contribution >= 4 is 50.7 Å². The number of carbonyl (C=O) groups is 2. The Kier molecular flexibility index (Phi) is 6.45. The molecule has 0 saturated heterocycles. The van der Waals surface area contributed by atoms with Crippen LogP contribution in [0, 0.1) is 5.92 Å². The molecule has 1 aliphatic rings. The van der Waals surface area contributed by atoms with Crippen molar-refractivity contribution in [1.82, 2.24) is 0 Å². The highest BCUT2D eigenvalue weighted by molar-refractivity contribution is 9.10. The fourth-order valence-electron chi connectivity index (χ4n) is 2.97. The lowest BCUT2D eigenvalue weighted by Gasteiger charge is -2.23. The van der Waals surface area contributed by atoms with Crippen molar-refractivity contribution in [2.45, 2.75) is 25.7 Å². The number of hydrogen-bond acceptors (Lipinski definition) is 4. The first kappa shape index (κ1) is 20.2. The maximum atomic E-state index is 12.7. The Labute approximate surface area is 175 Å². The van der Waals surface area contributed by atoms with E-state index in [9.17, 15) is 9.59 Å². The normalized spacial score (nSPS) is 14.0. The summed E-state index contributed by atoms with van der Waals surface area (Å²) in [6.07, 6.45) is 2.21.